The number of methoxy groups -OCH3 is 1. The molecule has 3 N–H and O–H groups in total. The number of aliphatic hydroxyl groups is 1. The Labute approximate surface area is 157 Å². The van der Waals surface area contributed by atoms with Crippen molar-refractivity contribution in [2.75, 3.05) is 13.7 Å². The molecule has 0 saturated heterocycles. The van der Waals surface area contributed by atoms with Crippen molar-refractivity contribution in [3.63, 3.8) is 0 Å². The van der Waals surface area contributed by atoms with Crippen LogP contribution < -0.4 is 10.6 Å². The number of hydrogen-bond donors (Lipinski definition) is 3. The molecule has 0 unspecified atom stereocenters. The lowest BCUT2D eigenvalue weighted by molar-refractivity contribution is -0.146. The van der Waals surface area contributed by atoms with Crippen molar-refractivity contribution in [3.05, 3.63) is 35.9 Å². The number of amides is 2. The summed E-state index contributed by atoms with van der Waals surface area (Å²) in [7, 11) is 1.16. The van der Waals surface area contributed by atoms with Crippen molar-refractivity contribution in [1.82, 2.24) is 10.6 Å². The minimum absolute atomic E-state index is 0.00354. The Kier molecular flexibility index (Phi) is 9.33. The summed E-state index contributed by atoms with van der Waals surface area (Å²) < 4.78 is 9.62. The van der Waals surface area contributed by atoms with E-state index in [0.717, 1.165) is 12.7 Å². The van der Waals surface area contributed by atoms with Crippen molar-refractivity contribution in [1.29, 1.82) is 5.26 Å². The number of aliphatic hydroxyl groups excluding tert-OH is 1. The molecular weight excluding hydrogens is 354 g/mol. The maximum Gasteiger partial charge on any atom is 0.408 e. The molecular formula is C18H23N3O6. The SMILES string of the molecule is COC(=O)[C@H](NC(=O)[C@H](CO)NC(=O)OCc1ccccc1)[C@H](C)CC#N. The van der Waals surface area contributed by atoms with Crippen LogP contribution in [0.5, 0.6) is 0 Å². The summed E-state index contributed by atoms with van der Waals surface area (Å²) in [6.07, 6.45) is -0.885. The average Bonchev–Trinajstić information content (AvgIpc) is 2.68. The van der Waals surface area contributed by atoms with Crippen molar-refractivity contribution in [2.45, 2.75) is 32.0 Å². The zero-order valence-corrected chi connectivity index (χ0v) is 15.2. The minimum atomic E-state index is -1.32. The van der Waals surface area contributed by atoms with Gasteiger partial charge in [0.15, 0.2) is 0 Å². The third kappa shape index (κ3) is 7.33. The summed E-state index contributed by atoms with van der Waals surface area (Å²) in [5.74, 6) is -2.04. The smallest absolute Gasteiger partial charge is 0.408 e. The van der Waals surface area contributed by atoms with Crippen LogP contribution in [0.3, 0.4) is 0 Å². The first-order chi connectivity index (χ1) is 12.9. The highest BCUT2D eigenvalue weighted by Crippen LogP contribution is 2.09. The van der Waals surface area contributed by atoms with Crippen LogP contribution >= 0.6 is 0 Å². The quantitative estimate of drug-likeness (QED) is 0.532. The monoisotopic (exact) mass is 377 g/mol. The molecule has 1 aromatic carbocycles. The normalized spacial score (nSPS) is 13.4. The molecule has 0 aliphatic heterocycles. The zero-order chi connectivity index (χ0) is 20.2. The maximum atomic E-state index is 12.3. The molecule has 0 heterocycles. The molecule has 0 saturated carbocycles. The number of carbonyl (C=O) groups is 3. The van der Waals surface area contributed by atoms with Gasteiger partial charge in [-0.25, -0.2) is 9.59 Å². The number of nitrogens with zero attached hydrogens (tertiary/aromatic N) is 1. The maximum absolute atomic E-state index is 12.3. The Hall–Kier alpha value is -3.12. The van der Waals surface area contributed by atoms with Crippen LogP contribution in [0.2, 0.25) is 0 Å². The molecule has 0 radical (unpaired) electrons. The third-order valence-electron chi connectivity index (χ3n) is 3.74. The number of nitrogens with one attached hydrogen (secondary N) is 2. The van der Waals surface area contributed by atoms with E-state index in [1.54, 1.807) is 31.2 Å². The molecule has 0 spiro atoms. The fourth-order valence-corrected chi connectivity index (χ4v) is 2.18. The lowest BCUT2D eigenvalue weighted by Gasteiger charge is -2.24. The number of alkyl carbamates (subject to hydrolysis) is 1. The van der Waals surface area contributed by atoms with E-state index in [-0.39, 0.29) is 13.0 Å². The van der Waals surface area contributed by atoms with E-state index in [9.17, 15) is 19.5 Å². The summed E-state index contributed by atoms with van der Waals surface area (Å²) in [6, 6.07) is 8.43. The second kappa shape index (κ2) is 11.5. The van der Waals surface area contributed by atoms with E-state index in [0.29, 0.717) is 0 Å². The average molecular weight is 377 g/mol. The number of rotatable bonds is 9. The first-order valence-electron chi connectivity index (χ1n) is 8.26. The van der Waals surface area contributed by atoms with Gasteiger partial charge in [0, 0.05) is 12.3 Å². The standard InChI is InChI=1S/C18H23N3O6/c1-12(8-9-19)15(17(24)26-2)21-16(23)14(10-22)20-18(25)27-11-13-6-4-3-5-7-13/h3-7,12,14-15,22H,8,10-11H2,1-2H3,(H,20,25)(H,21,23)/t12-,14+,15-/m1/s1. The van der Waals surface area contributed by atoms with E-state index in [4.69, 9.17) is 10.00 Å². The fourth-order valence-electron chi connectivity index (χ4n) is 2.18. The number of esters is 1. The van der Waals surface area contributed by atoms with Gasteiger partial charge < -0.3 is 25.2 Å². The molecule has 9 nitrogen and oxygen atoms in total. The van der Waals surface area contributed by atoms with Crippen LogP contribution in [0.15, 0.2) is 30.3 Å². The summed E-state index contributed by atoms with van der Waals surface area (Å²) in [6.45, 7) is 0.893. The topological polar surface area (TPSA) is 138 Å². The highest BCUT2D eigenvalue weighted by atomic mass is 16.5. The van der Waals surface area contributed by atoms with Gasteiger partial charge in [-0.05, 0) is 5.56 Å². The predicted octanol–water partition coefficient (Wildman–Crippen LogP) is 0.481. The van der Waals surface area contributed by atoms with E-state index in [2.05, 4.69) is 15.4 Å². The molecule has 146 valence electrons. The molecule has 0 aromatic heterocycles. The summed E-state index contributed by atoms with van der Waals surface area (Å²) in [4.78, 5) is 36.0. The van der Waals surface area contributed by atoms with Gasteiger partial charge in [0.05, 0.1) is 19.8 Å². The van der Waals surface area contributed by atoms with Crippen molar-refractivity contribution < 1.29 is 29.0 Å². The van der Waals surface area contributed by atoms with E-state index in [1.165, 1.54) is 0 Å². The first-order valence-corrected chi connectivity index (χ1v) is 8.26. The number of carbonyl (C=O) groups excluding carboxylic acids is 3. The second-order valence-corrected chi connectivity index (χ2v) is 5.79. The Morgan fingerprint density at radius 2 is 1.89 bits per heavy atom. The number of nitriles is 1. The van der Waals surface area contributed by atoms with Gasteiger partial charge in [0.25, 0.3) is 0 Å². The Bertz CT molecular complexity index is 673. The summed E-state index contributed by atoms with van der Waals surface area (Å²) in [5, 5.41) is 22.8. The van der Waals surface area contributed by atoms with Crippen LogP contribution in [0.1, 0.15) is 18.9 Å². The molecule has 2 amide bonds. The van der Waals surface area contributed by atoms with Gasteiger partial charge in [-0.1, -0.05) is 37.3 Å². The van der Waals surface area contributed by atoms with Gasteiger partial charge in [-0.3, -0.25) is 4.79 Å². The molecule has 1 rings (SSSR count). The number of ether oxygens (including phenoxy) is 2. The predicted molar refractivity (Wildman–Crippen MR) is 94.0 cm³/mol. The molecule has 0 bridgehead atoms. The van der Waals surface area contributed by atoms with Crippen molar-refractivity contribution in [3.8, 4) is 6.07 Å². The highest BCUT2D eigenvalue weighted by molar-refractivity contribution is 5.89. The van der Waals surface area contributed by atoms with Crippen LogP contribution in [-0.2, 0) is 25.7 Å². The van der Waals surface area contributed by atoms with Gasteiger partial charge >= 0.3 is 12.1 Å². The zero-order valence-electron chi connectivity index (χ0n) is 15.2. The molecule has 0 fully saturated rings. The van der Waals surface area contributed by atoms with Crippen molar-refractivity contribution >= 4 is 18.0 Å². The summed E-state index contributed by atoms with van der Waals surface area (Å²) in [5.41, 5.74) is 0.758. The first kappa shape index (κ1) is 21.9. The van der Waals surface area contributed by atoms with E-state index in [1.807, 2.05) is 12.1 Å². The van der Waals surface area contributed by atoms with E-state index >= 15 is 0 Å². The van der Waals surface area contributed by atoms with Crippen LogP contribution in [-0.4, -0.2) is 48.9 Å². The number of hydrogen-bond acceptors (Lipinski definition) is 7. The molecule has 0 aliphatic carbocycles. The minimum Gasteiger partial charge on any atom is -0.467 e. The van der Waals surface area contributed by atoms with Gasteiger partial charge in [-0.15, -0.1) is 0 Å². The third-order valence-corrected chi connectivity index (χ3v) is 3.74. The fraction of sp³-hybridized carbons (Fsp3) is 0.444. The molecule has 0 aliphatic rings. The van der Waals surface area contributed by atoms with Crippen LogP contribution in [0.25, 0.3) is 0 Å². The molecule has 3 atom stereocenters. The molecule has 9 heteroatoms. The Morgan fingerprint density at radius 3 is 2.44 bits per heavy atom. The summed E-state index contributed by atoms with van der Waals surface area (Å²) >= 11 is 0. The second-order valence-electron chi connectivity index (χ2n) is 5.79. The van der Waals surface area contributed by atoms with Crippen LogP contribution in [0, 0.1) is 17.2 Å². The Balaban J connectivity index is 2.64. The molecule has 27 heavy (non-hydrogen) atoms. The lowest BCUT2D eigenvalue weighted by Crippen LogP contribution is -2.55. The van der Waals surface area contributed by atoms with E-state index < -0.39 is 42.6 Å². The van der Waals surface area contributed by atoms with Gasteiger partial charge in [0.1, 0.15) is 18.7 Å². The van der Waals surface area contributed by atoms with Crippen molar-refractivity contribution in [2.24, 2.45) is 5.92 Å². The van der Waals surface area contributed by atoms with Gasteiger partial charge in [0.2, 0.25) is 5.91 Å². The Morgan fingerprint density at radius 1 is 1.22 bits per heavy atom. The highest BCUT2D eigenvalue weighted by Gasteiger charge is 2.31. The number of benzene rings is 1. The lowest BCUT2D eigenvalue weighted by atomic mass is 9.98. The molecule has 1 aromatic rings. The van der Waals surface area contributed by atoms with Crippen LogP contribution in [0.4, 0.5) is 4.79 Å². The van der Waals surface area contributed by atoms with Gasteiger partial charge in [-0.2, -0.15) is 5.26 Å². The largest absolute Gasteiger partial charge is 0.467 e.